The Kier molecular flexibility index (Phi) is 5.27. The van der Waals surface area contributed by atoms with E-state index in [1.807, 2.05) is 0 Å². The number of hydrogen-bond acceptors (Lipinski definition) is 4. The fourth-order valence-corrected chi connectivity index (χ4v) is 1.98. The monoisotopic (exact) mass is 318 g/mol. The zero-order chi connectivity index (χ0) is 13.7. The minimum Gasteiger partial charge on any atom is -0.466 e. The Morgan fingerprint density at radius 3 is 2.56 bits per heavy atom. The standard InChI is InChI=1S/C12H12BrFO4/c1-7(15)18-11(12(16)17-2)10(13)8-4-3-5-9(14)6-8/h3-6,10-11H,1-2H3/t10-,11-/m1/s1. The number of benzene rings is 1. The summed E-state index contributed by atoms with van der Waals surface area (Å²) in [5.74, 6) is -1.77. The second-order valence-corrected chi connectivity index (χ2v) is 4.50. The van der Waals surface area contributed by atoms with Crippen LogP contribution in [0.5, 0.6) is 0 Å². The Morgan fingerprint density at radius 2 is 2.06 bits per heavy atom. The highest BCUT2D eigenvalue weighted by Gasteiger charge is 2.31. The molecule has 1 aromatic rings. The average Bonchev–Trinajstić information content (AvgIpc) is 2.34. The van der Waals surface area contributed by atoms with E-state index in [0.29, 0.717) is 5.56 Å². The van der Waals surface area contributed by atoms with E-state index in [-0.39, 0.29) is 0 Å². The van der Waals surface area contributed by atoms with Crippen LogP contribution >= 0.6 is 15.9 Å². The van der Waals surface area contributed by atoms with E-state index >= 15 is 0 Å². The molecule has 1 aromatic carbocycles. The van der Waals surface area contributed by atoms with Gasteiger partial charge in [0.25, 0.3) is 0 Å². The SMILES string of the molecule is COC(=O)[C@H](OC(C)=O)[C@H](Br)c1cccc(F)c1. The molecule has 0 amide bonds. The van der Waals surface area contributed by atoms with Crippen LogP contribution in [0, 0.1) is 5.82 Å². The zero-order valence-electron chi connectivity index (χ0n) is 9.85. The number of rotatable bonds is 4. The van der Waals surface area contributed by atoms with Gasteiger partial charge in [0, 0.05) is 6.92 Å². The molecule has 0 saturated heterocycles. The van der Waals surface area contributed by atoms with E-state index in [0.717, 1.165) is 0 Å². The third kappa shape index (κ3) is 3.80. The van der Waals surface area contributed by atoms with Crippen molar-refractivity contribution in [1.82, 2.24) is 0 Å². The van der Waals surface area contributed by atoms with Gasteiger partial charge in [-0.1, -0.05) is 28.1 Å². The van der Waals surface area contributed by atoms with Gasteiger partial charge in [-0.05, 0) is 17.7 Å². The molecule has 0 bridgehead atoms. The number of hydrogen-bond donors (Lipinski definition) is 0. The summed E-state index contributed by atoms with van der Waals surface area (Å²) in [6, 6.07) is 5.64. The van der Waals surface area contributed by atoms with Gasteiger partial charge in [-0.3, -0.25) is 4.79 Å². The van der Waals surface area contributed by atoms with Crippen LogP contribution in [0.25, 0.3) is 0 Å². The van der Waals surface area contributed by atoms with Crippen molar-refractivity contribution in [1.29, 1.82) is 0 Å². The topological polar surface area (TPSA) is 52.6 Å². The van der Waals surface area contributed by atoms with E-state index < -0.39 is 28.7 Å². The number of alkyl halides is 1. The molecule has 2 atom stereocenters. The summed E-state index contributed by atoms with van der Waals surface area (Å²) in [7, 11) is 1.18. The van der Waals surface area contributed by atoms with E-state index in [1.54, 1.807) is 6.07 Å². The van der Waals surface area contributed by atoms with Crippen molar-refractivity contribution < 1.29 is 23.5 Å². The number of methoxy groups -OCH3 is 1. The van der Waals surface area contributed by atoms with Gasteiger partial charge in [0.1, 0.15) is 5.82 Å². The van der Waals surface area contributed by atoms with Gasteiger partial charge in [0.15, 0.2) is 0 Å². The fraction of sp³-hybridized carbons (Fsp3) is 0.333. The van der Waals surface area contributed by atoms with Crippen molar-refractivity contribution in [3.05, 3.63) is 35.6 Å². The largest absolute Gasteiger partial charge is 0.466 e. The molecule has 0 saturated carbocycles. The Balaban J connectivity index is 2.97. The summed E-state index contributed by atoms with van der Waals surface area (Å²) in [4.78, 5) is 21.8. The first-order chi connectivity index (χ1) is 8.45. The van der Waals surface area contributed by atoms with Crippen LogP contribution in [0.3, 0.4) is 0 Å². The number of carbonyl (C=O) groups excluding carboxylic acids is 2. The molecule has 6 heteroatoms. The van der Waals surface area contributed by atoms with Crippen LogP contribution in [0.4, 0.5) is 4.39 Å². The summed E-state index contributed by atoms with van der Waals surface area (Å²) >= 11 is 3.21. The van der Waals surface area contributed by atoms with Crippen LogP contribution in [0.15, 0.2) is 24.3 Å². The molecule has 0 fully saturated rings. The number of esters is 2. The fourth-order valence-electron chi connectivity index (χ4n) is 1.38. The van der Waals surface area contributed by atoms with Crippen molar-refractivity contribution in [2.75, 3.05) is 7.11 Å². The van der Waals surface area contributed by atoms with Crippen molar-refractivity contribution in [3.8, 4) is 0 Å². The summed E-state index contributed by atoms with van der Waals surface area (Å²) in [5, 5.41) is 0. The second-order valence-electron chi connectivity index (χ2n) is 3.51. The van der Waals surface area contributed by atoms with E-state index in [4.69, 9.17) is 4.74 Å². The van der Waals surface area contributed by atoms with Crippen LogP contribution in [0.1, 0.15) is 17.3 Å². The average molecular weight is 319 g/mol. The normalized spacial score (nSPS) is 13.6. The molecule has 0 aromatic heterocycles. The maximum Gasteiger partial charge on any atom is 0.348 e. The van der Waals surface area contributed by atoms with Crippen molar-refractivity contribution in [3.63, 3.8) is 0 Å². The summed E-state index contributed by atoms with van der Waals surface area (Å²) in [5.41, 5.74) is 0.478. The van der Waals surface area contributed by atoms with Gasteiger partial charge in [-0.25, -0.2) is 9.18 Å². The van der Waals surface area contributed by atoms with Crippen molar-refractivity contribution in [2.45, 2.75) is 17.9 Å². The number of ether oxygens (including phenoxy) is 2. The highest BCUT2D eigenvalue weighted by Crippen LogP contribution is 2.29. The lowest BCUT2D eigenvalue weighted by Crippen LogP contribution is -2.31. The quantitative estimate of drug-likeness (QED) is 0.631. The van der Waals surface area contributed by atoms with E-state index in [2.05, 4.69) is 20.7 Å². The summed E-state index contributed by atoms with van der Waals surface area (Å²) < 4.78 is 22.5. The molecular weight excluding hydrogens is 307 g/mol. The lowest BCUT2D eigenvalue weighted by molar-refractivity contribution is -0.164. The second kappa shape index (κ2) is 6.49. The highest BCUT2D eigenvalue weighted by atomic mass is 79.9. The first-order valence-corrected chi connectivity index (χ1v) is 6.02. The van der Waals surface area contributed by atoms with Gasteiger partial charge >= 0.3 is 11.9 Å². The number of halogens is 2. The molecule has 4 nitrogen and oxygen atoms in total. The van der Waals surface area contributed by atoms with Crippen LogP contribution in [0.2, 0.25) is 0 Å². The summed E-state index contributed by atoms with van der Waals surface area (Å²) in [6.45, 7) is 1.18. The van der Waals surface area contributed by atoms with Gasteiger partial charge in [0.2, 0.25) is 6.10 Å². The molecule has 0 aliphatic heterocycles. The molecule has 98 valence electrons. The van der Waals surface area contributed by atoms with Crippen LogP contribution in [-0.2, 0) is 19.1 Å². The van der Waals surface area contributed by atoms with Gasteiger partial charge < -0.3 is 9.47 Å². The lowest BCUT2D eigenvalue weighted by atomic mass is 10.1. The van der Waals surface area contributed by atoms with Gasteiger partial charge in [0.05, 0.1) is 11.9 Å². The first kappa shape index (κ1) is 14.6. The van der Waals surface area contributed by atoms with Crippen LogP contribution < -0.4 is 0 Å². The van der Waals surface area contributed by atoms with Gasteiger partial charge in [-0.2, -0.15) is 0 Å². The Labute approximate surface area is 112 Å². The van der Waals surface area contributed by atoms with E-state index in [1.165, 1.54) is 32.2 Å². The number of carbonyl (C=O) groups is 2. The Hall–Kier alpha value is -1.43. The highest BCUT2D eigenvalue weighted by molar-refractivity contribution is 9.09. The maximum atomic E-state index is 13.1. The maximum absolute atomic E-state index is 13.1. The molecule has 0 aliphatic carbocycles. The minimum atomic E-state index is -1.16. The van der Waals surface area contributed by atoms with E-state index in [9.17, 15) is 14.0 Å². The van der Waals surface area contributed by atoms with Crippen molar-refractivity contribution in [2.24, 2.45) is 0 Å². The molecule has 0 heterocycles. The molecule has 1 rings (SSSR count). The Morgan fingerprint density at radius 1 is 1.39 bits per heavy atom. The third-order valence-electron chi connectivity index (χ3n) is 2.16. The zero-order valence-corrected chi connectivity index (χ0v) is 11.4. The predicted molar refractivity (Wildman–Crippen MR) is 65.6 cm³/mol. The summed E-state index contributed by atoms with van der Waals surface area (Å²) in [6.07, 6.45) is -1.16. The minimum absolute atomic E-state index is 0.441. The molecule has 18 heavy (non-hydrogen) atoms. The molecule has 0 spiro atoms. The lowest BCUT2D eigenvalue weighted by Gasteiger charge is -2.20. The smallest absolute Gasteiger partial charge is 0.348 e. The predicted octanol–water partition coefficient (Wildman–Crippen LogP) is 2.37. The molecule has 0 radical (unpaired) electrons. The van der Waals surface area contributed by atoms with Gasteiger partial charge in [-0.15, -0.1) is 0 Å². The Bertz CT molecular complexity index is 449. The van der Waals surface area contributed by atoms with Crippen LogP contribution in [-0.4, -0.2) is 25.2 Å². The molecule has 0 unspecified atom stereocenters. The van der Waals surface area contributed by atoms with Crippen molar-refractivity contribution >= 4 is 27.9 Å². The molecular formula is C12H12BrFO4. The first-order valence-electron chi connectivity index (χ1n) is 5.10. The molecule has 0 aliphatic rings. The third-order valence-corrected chi connectivity index (χ3v) is 3.17. The molecule has 0 N–H and O–H groups in total.